The molecule has 1 fully saturated rings. The smallest absolute Gasteiger partial charge is 0.270 e. The zero-order valence-electron chi connectivity index (χ0n) is 12.1. The van der Waals surface area contributed by atoms with Crippen LogP contribution in [0.5, 0.6) is 0 Å². The Hall–Kier alpha value is -2.15. The summed E-state index contributed by atoms with van der Waals surface area (Å²) in [6.45, 7) is 3.15. The third-order valence-electron chi connectivity index (χ3n) is 3.96. The van der Waals surface area contributed by atoms with Crippen molar-refractivity contribution in [2.45, 2.75) is 19.4 Å². The number of nitrogens with two attached hydrogens (primary N) is 1. The maximum Gasteiger partial charge on any atom is 0.270 e. The number of carbonyl (C=O) groups excluding carboxylic acids is 1. The SMILES string of the molecule is COC1CN(C(=O)c2cc([N+](=O)[O-])ccc2N)CCC1C. The van der Waals surface area contributed by atoms with E-state index in [-0.39, 0.29) is 28.9 Å². The molecule has 1 aliphatic rings. The molecular weight excluding hydrogens is 274 g/mol. The van der Waals surface area contributed by atoms with E-state index in [2.05, 4.69) is 6.92 Å². The number of ether oxygens (including phenoxy) is 1. The number of benzene rings is 1. The predicted molar refractivity (Wildman–Crippen MR) is 78.0 cm³/mol. The van der Waals surface area contributed by atoms with Gasteiger partial charge in [-0.05, 0) is 18.4 Å². The number of likely N-dealkylation sites (tertiary alicyclic amines) is 1. The summed E-state index contributed by atoms with van der Waals surface area (Å²) < 4.78 is 5.38. The van der Waals surface area contributed by atoms with Crippen molar-refractivity contribution < 1.29 is 14.5 Å². The lowest BCUT2D eigenvalue weighted by molar-refractivity contribution is -0.384. The van der Waals surface area contributed by atoms with Gasteiger partial charge in [0.25, 0.3) is 11.6 Å². The highest BCUT2D eigenvalue weighted by atomic mass is 16.6. The normalized spacial score (nSPS) is 22.1. The third-order valence-corrected chi connectivity index (χ3v) is 3.96. The number of nitro groups is 1. The molecule has 7 heteroatoms. The second-order valence-corrected chi connectivity index (χ2v) is 5.32. The summed E-state index contributed by atoms with van der Waals surface area (Å²) >= 11 is 0. The molecule has 2 atom stereocenters. The van der Waals surface area contributed by atoms with Crippen molar-refractivity contribution in [3.05, 3.63) is 33.9 Å². The fourth-order valence-electron chi connectivity index (χ4n) is 2.54. The van der Waals surface area contributed by atoms with Crippen molar-refractivity contribution in [3.63, 3.8) is 0 Å². The lowest BCUT2D eigenvalue weighted by Crippen LogP contribution is -2.46. The minimum absolute atomic E-state index is 0.0253. The summed E-state index contributed by atoms with van der Waals surface area (Å²) in [5.74, 6) is 0.0895. The van der Waals surface area contributed by atoms with E-state index < -0.39 is 4.92 Å². The van der Waals surface area contributed by atoms with Crippen molar-refractivity contribution in [1.29, 1.82) is 0 Å². The molecule has 1 saturated heterocycles. The molecule has 1 heterocycles. The molecule has 0 aliphatic carbocycles. The third kappa shape index (κ3) is 3.13. The van der Waals surface area contributed by atoms with Crippen LogP contribution in [0.1, 0.15) is 23.7 Å². The molecule has 21 heavy (non-hydrogen) atoms. The lowest BCUT2D eigenvalue weighted by Gasteiger charge is -2.36. The molecule has 114 valence electrons. The zero-order valence-corrected chi connectivity index (χ0v) is 12.1. The number of anilines is 1. The molecular formula is C14H19N3O4. The van der Waals surface area contributed by atoms with E-state index in [4.69, 9.17) is 10.5 Å². The van der Waals surface area contributed by atoms with Crippen LogP contribution in [0, 0.1) is 16.0 Å². The first-order valence-corrected chi connectivity index (χ1v) is 6.80. The van der Waals surface area contributed by atoms with E-state index in [9.17, 15) is 14.9 Å². The molecule has 2 unspecified atom stereocenters. The van der Waals surface area contributed by atoms with E-state index >= 15 is 0 Å². The molecule has 0 aromatic heterocycles. The highest BCUT2D eigenvalue weighted by Gasteiger charge is 2.30. The second-order valence-electron chi connectivity index (χ2n) is 5.32. The number of non-ortho nitro benzene ring substituents is 1. The van der Waals surface area contributed by atoms with E-state index in [1.165, 1.54) is 18.2 Å². The first kappa shape index (κ1) is 15.2. The molecule has 0 radical (unpaired) electrons. The molecule has 2 N–H and O–H groups in total. The Morgan fingerprint density at radius 1 is 1.52 bits per heavy atom. The predicted octanol–water partition coefficient (Wildman–Crippen LogP) is 1.67. The minimum Gasteiger partial charge on any atom is -0.398 e. The van der Waals surface area contributed by atoms with Gasteiger partial charge in [-0.15, -0.1) is 0 Å². The van der Waals surface area contributed by atoms with Crippen LogP contribution in [0.25, 0.3) is 0 Å². The molecule has 0 bridgehead atoms. The summed E-state index contributed by atoms with van der Waals surface area (Å²) in [7, 11) is 1.62. The van der Waals surface area contributed by atoms with Crippen molar-refractivity contribution in [1.82, 2.24) is 4.90 Å². The average Bonchev–Trinajstić information content (AvgIpc) is 2.47. The minimum atomic E-state index is -0.535. The van der Waals surface area contributed by atoms with Gasteiger partial charge in [0.05, 0.1) is 16.6 Å². The summed E-state index contributed by atoms with van der Waals surface area (Å²) in [5, 5.41) is 10.8. The Labute approximate surface area is 122 Å². The largest absolute Gasteiger partial charge is 0.398 e. The number of nitrogen functional groups attached to an aromatic ring is 1. The number of carbonyl (C=O) groups is 1. The van der Waals surface area contributed by atoms with Gasteiger partial charge in [-0.1, -0.05) is 6.92 Å². The quantitative estimate of drug-likeness (QED) is 0.519. The average molecular weight is 293 g/mol. The van der Waals surface area contributed by atoms with E-state index in [1.54, 1.807) is 12.0 Å². The van der Waals surface area contributed by atoms with Gasteiger partial charge in [0.15, 0.2) is 0 Å². The van der Waals surface area contributed by atoms with Gasteiger partial charge in [0.2, 0.25) is 0 Å². The van der Waals surface area contributed by atoms with Gasteiger partial charge in [0, 0.05) is 38.0 Å². The number of piperidine rings is 1. The number of hydrogen-bond donors (Lipinski definition) is 1. The van der Waals surface area contributed by atoms with Gasteiger partial charge < -0.3 is 15.4 Å². The standard InChI is InChI=1S/C14H19N3O4/c1-9-5-6-16(8-13(9)21-2)14(18)11-7-10(17(19)20)3-4-12(11)15/h3-4,7,9,13H,5-6,8,15H2,1-2H3. The Kier molecular flexibility index (Phi) is 4.42. The van der Waals surface area contributed by atoms with Gasteiger partial charge in [0.1, 0.15) is 0 Å². The van der Waals surface area contributed by atoms with E-state index in [0.29, 0.717) is 19.0 Å². The Morgan fingerprint density at radius 3 is 2.86 bits per heavy atom. The van der Waals surface area contributed by atoms with Crippen LogP contribution < -0.4 is 5.73 Å². The fourth-order valence-corrected chi connectivity index (χ4v) is 2.54. The maximum atomic E-state index is 12.5. The van der Waals surface area contributed by atoms with Crippen LogP contribution in [0.2, 0.25) is 0 Å². The molecule has 1 amide bonds. The summed E-state index contributed by atoms with van der Waals surface area (Å²) in [5.41, 5.74) is 6.08. The fraction of sp³-hybridized carbons (Fsp3) is 0.500. The molecule has 0 saturated carbocycles. The summed E-state index contributed by atoms with van der Waals surface area (Å²) in [6.07, 6.45) is 0.807. The van der Waals surface area contributed by atoms with Gasteiger partial charge in [-0.2, -0.15) is 0 Å². The van der Waals surface area contributed by atoms with Crippen molar-refractivity contribution in [2.24, 2.45) is 5.92 Å². The van der Waals surface area contributed by atoms with Crippen LogP contribution in [0.15, 0.2) is 18.2 Å². The number of nitrogens with zero attached hydrogens (tertiary/aromatic N) is 2. The summed E-state index contributed by atoms with van der Waals surface area (Å²) in [4.78, 5) is 24.5. The number of hydrogen-bond acceptors (Lipinski definition) is 5. The Balaban J connectivity index is 2.24. The van der Waals surface area contributed by atoms with Crippen molar-refractivity contribution in [3.8, 4) is 0 Å². The molecule has 7 nitrogen and oxygen atoms in total. The molecule has 1 aromatic rings. The van der Waals surface area contributed by atoms with Gasteiger partial charge >= 0.3 is 0 Å². The van der Waals surface area contributed by atoms with Crippen LogP contribution in [0.3, 0.4) is 0 Å². The number of rotatable bonds is 3. The van der Waals surface area contributed by atoms with Crippen molar-refractivity contribution >= 4 is 17.3 Å². The molecule has 1 aliphatic heterocycles. The van der Waals surface area contributed by atoms with Gasteiger partial charge in [-0.3, -0.25) is 14.9 Å². The van der Waals surface area contributed by atoms with E-state index in [0.717, 1.165) is 6.42 Å². The second kappa shape index (κ2) is 6.09. The Morgan fingerprint density at radius 2 is 2.24 bits per heavy atom. The molecule has 0 spiro atoms. The first-order valence-electron chi connectivity index (χ1n) is 6.80. The van der Waals surface area contributed by atoms with Crippen LogP contribution in [-0.2, 0) is 4.74 Å². The number of nitro benzene ring substituents is 1. The van der Waals surface area contributed by atoms with Crippen molar-refractivity contribution in [2.75, 3.05) is 25.9 Å². The maximum absolute atomic E-state index is 12.5. The highest BCUT2D eigenvalue weighted by Crippen LogP contribution is 2.25. The highest BCUT2D eigenvalue weighted by molar-refractivity contribution is 5.99. The van der Waals surface area contributed by atoms with Crippen LogP contribution in [-0.4, -0.2) is 42.0 Å². The lowest BCUT2D eigenvalue weighted by atomic mass is 9.95. The zero-order chi connectivity index (χ0) is 15.6. The van der Waals surface area contributed by atoms with Gasteiger partial charge in [-0.25, -0.2) is 0 Å². The topological polar surface area (TPSA) is 98.7 Å². The number of amides is 1. The molecule has 1 aromatic carbocycles. The molecule has 2 rings (SSSR count). The number of methoxy groups -OCH3 is 1. The van der Waals surface area contributed by atoms with Crippen LogP contribution in [0.4, 0.5) is 11.4 Å². The Bertz CT molecular complexity index is 561. The first-order chi connectivity index (χ1) is 9.93. The van der Waals surface area contributed by atoms with Crippen LogP contribution >= 0.6 is 0 Å². The van der Waals surface area contributed by atoms with E-state index in [1.807, 2.05) is 0 Å². The monoisotopic (exact) mass is 293 g/mol. The summed E-state index contributed by atoms with van der Waals surface area (Å²) in [6, 6.07) is 3.92.